The number of ether oxygens (including phenoxy) is 1. The highest BCUT2D eigenvalue weighted by Crippen LogP contribution is 2.35. The SMILES string of the molecule is CCOC(=O)Cc1csc(NC(=O)CSc2nc(C)nc3sc(C)c(C)c23)n1. The van der Waals surface area contributed by atoms with E-state index < -0.39 is 0 Å². The molecule has 0 fully saturated rings. The lowest BCUT2D eigenvalue weighted by Crippen LogP contribution is -2.14. The molecule has 0 saturated carbocycles. The molecule has 3 rings (SSSR count). The molecular weight excluding hydrogens is 416 g/mol. The number of nitrogens with one attached hydrogen (secondary N) is 1. The lowest BCUT2D eigenvalue weighted by molar-refractivity contribution is -0.142. The van der Waals surface area contributed by atoms with Crippen LogP contribution in [0.15, 0.2) is 10.4 Å². The summed E-state index contributed by atoms with van der Waals surface area (Å²) in [5.74, 6) is 0.411. The Kier molecular flexibility index (Phi) is 6.63. The minimum absolute atomic E-state index is 0.101. The van der Waals surface area contributed by atoms with Crippen LogP contribution in [0.25, 0.3) is 10.2 Å². The standard InChI is InChI=1S/C18H20N4O3S3/c1-5-25-14(24)6-12-7-27-18(21-12)22-13(23)8-26-16-15-9(2)10(3)28-17(15)20-11(4)19-16/h7H,5-6,8H2,1-4H3,(H,21,22,23). The van der Waals surface area contributed by atoms with Gasteiger partial charge in [0.05, 0.1) is 24.5 Å². The van der Waals surface area contributed by atoms with Gasteiger partial charge in [0.2, 0.25) is 5.91 Å². The number of carbonyl (C=O) groups excluding carboxylic acids is 2. The Hall–Kier alpha value is -2.04. The highest BCUT2D eigenvalue weighted by atomic mass is 32.2. The van der Waals surface area contributed by atoms with Crippen LogP contribution >= 0.6 is 34.4 Å². The fourth-order valence-corrected chi connectivity index (χ4v) is 5.31. The van der Waals surface area contributed by atoms with E-state index in [0.717, 1.165) is 20.8 Å². The van der Waals surface area contributed by atoms with Crippen molar-refractivity contribution < 1.29 is 14.3 Å². The number of hydrogen-bond acceptors (Lipinski definition) is 9. The van der Waals surface area contributed by atoms with E-state index in [2.05, 4.69) is 34.1 Å². The van der Waals surface area contributed by atoms with E-state index in [0.29, 0.717) is 23.3 Å². The Labute approximate surface area is 175 Å². The van der Waals surface area contributed by atoms with Gasteiger partial charge in [-0.2, -0.15) is 0 Å². The molecule has 0 unspecified atom stereocenters. The Morgan fingerprint density at radius 3 is 2.75 bits per heavy atom. The summed E-state index contributed by atoms with van der Waals surface area (Å²) in [5.41, 5.74) is 1.75. The van der Waals surface area contributed by atoms with E-state index in [1.165, 1.54) is 28.0 Å². The first-order valence-corrected chi connectivity index (χ1v) is 11.3. The number of aryl methyl sites for hydroxylation is 3. The molecule has 7 nitrogen and oxygen atoms in total. The third kappa shape index (κ3) is 4.86. The molecule has 0 aromatic carbocycles. The van der Waals surface area contributed by atoms with Crippen LogP contribution in [0.3, 0.4) is 0 Å². The van der Waals surface area contributed by atoms with E-state index in [-0.39, 0.29) is 24.1 Å². The smallest absolute Gasteiger partial charge is 0.311 e. The van der Waals surface area contributed by atoms with E-state index in [1.54, 1.807) is 23.6 Å². The zero-order valence-corrected chi connectivity index (χ0v) is 18.4. The zero-order valence-electron chi connectivity index (χ0n) is 16.0. The Balaban J connectivity index is 1.63. The number of amides is 1. The van der Waals surface area contributed by atoms with Gasteiger partial charge in [-0.3, -0.25) is 9.59 Å². The topological polar surface area (TPSA) is 94.1 Å². The Morgan fingerprint density at radius 1 is 1.21 bits per heavy atom. The fourth-order valence-electron chi connectivity index (χ4n) is 2.51. The number of hydrogen-bond donors (Lipinski definition) is 1. The summed E-state index contributed by atoms with van der Waals surface area (Å²) < 4.78 is 4.90. The van der Waals surface area contributed by atoms with E-state index in [4.69, 9.17) is 4.74 Å². The molecule has 0 aliphatic heterocycles. The van der Waals surface area contributed by atoms with Crippen molar-refractivity contribution in [2.24, 2.45) is 0 Å². The highest BCUT2D eigenvalue weighted by Gasteiger charge is 2.16. The molecule has 148 valence electrons. The van der Waals surface area contributed by atoms with E-state index in [9.17, 15) is 9.59 Å². The second-order valence-corrected chi connectivity index (χ2v) is 9.03. The van der Waals surface area contributed by atoms with Gasteiger partial charge in [0.25, 0.3) is 0 Å². The molecule has 0 atom stereocenters. The van der Waals surface area contributed by atoms with Gasteiger partial charge in [0.1, 0.15) is 15.7 Å². The minimum Gasteiger partial charge on any atom is -0.466 e. The normalized spacial score (nSPS) is 11.0. The number of thioether (sulfide) groups is 1. The van der Waals surface area contributed by atoms with Gasteiger partial charge in [-0.25, -0.2) is 15.0 Å². The molecule has 1 amide bonds. The second kappa shape index (κ2) is 8.97. The van der Waals surface area contributed by atoms with E-state index in [1.807, 2.05) is 6.92 Å². The molecule has 3 aromatic rings. The number of aromatic nitrogens is 3. The van der Waals surface area contributed by atoms with Crippen LogP contribution in [0.5, 0.6) is 0 Å². The molecule has 0 radical (unpaired) electrons. The summed E-state index contributed by atoms with van der Waals surface area (Å²) in [7, 11) is 0. The van der Waals surface area contributed by atoms with Crippen molar-refractivity contribution in [3.8, 4) is 0 Å². The molecule has 0 bridgehead atoms. The minimum atomic E-state index is -0.328. The lowest BCUT2D eigenvalue weighted by atomic mass is 10.2. The summed E-state index contributed by atoms with van der Waals surface area (Å²) in [6.07, 6.45) is 0.101. The predicted octanol–water partition coefficient (Wildman–Crippen LogP) is 3.91. The molecule has 0 saturated heterocycles. The average molecular weight is 437 g/mol. The van der Waals surface area contributed by atoms with Gasteiger partial charge in [0, 0.05) is 15.6 Å². The molecule has 0 spiro atoms. The summed E-state index contributed by atoms with van der Waals surface area (Å²) in [6.45, 7) is 8.07. The van der Waals surface area contributed by atoms with Gasteiger partial charge >= 0.3 is 5.97 Å². The van der Waals surface area contributed by atoms with Crippen LogP contribution < -0.4 is 5.32 Å². The van der Waals surface area contributed by atoms with Crippen LogP contribution in [0.2, 0.25) is 0 Å². The van der Waals surface area contributed by atoms with Gasteiger partial charge in [-0.1, -0.05) is 11.8 Å². The van der Waals surface area contributed by atoms with Crippen molar-refractivity contribution >= 4 is 61.7 Å². The van der Waals surface area contributed by atoms with Crippen LogP contribution in [-0.2, 0) is 20.7 Å². The van der Waals surface area contributed by atoms with Crippen LogP contribution in [0.4, 0.5) is 5.13 Å². The Morgan fingerprint density at radius 2 is 2.00 bits per heavy atom. The number of esters is 1. The van der Waals surface area contributed by atoms with Gasteiger partial charge in [0.15, 0.2) is 5.13 Å². The molecule has 0 aliphatic rings. The first-order valence-electron chi connectivity index (χ1n) is 8.64. The van der Waals surface area contributed by atoms with Crippen molar-refractivity contribution in [1.82, 2.24) is 15.0 Å². The van der Waals surface area contributed by atoms with Gasteiger partial charge in [-0.15, -0.1) is 22.7 Å². The second-order valence-electron chi connectivity index (χ2n) is 6.00. The van der Waals surface area contributed by atoms with Crippen LogP contribution in [0.1, 0.15) is 28.9 Å². The maximum absolute atomic E-state index is 12.3. The molecule has 28 heavy (non-hydrogen) atoms. The quantitative estimate of drug-likeness (QED) is 0.341. The number of thiophene rings is 1. The van der Waals surface area contributed by atoms with Crippen molar-refractivity contribution in [3.05, 3.63) is 27.3 Å². The highest BCUT2D eigenvalue weighted by molar-refractivity contribution is 8.00. The first kappa shape index (κ1) is 20.7. The zero-order chi connectivity index (χ0) is 20.3. The maximum atomic E-state index is 12.3. The van der Waals surface area contributed by atoms with Crippen LogP contribution in [-0.4, -0.2) is 39.2 Å². The predicted molar refractivity (Wildman–Crippen MR) is 113 cm³/mol. The number of anilines is 1. The summed E-state index contributed by atoms with van der Waals surface area (Å²) >= 11 is 4.32. The van der Waals surface area contributed by atoms with Crippen molar-refractivity contribution in [2.75, 3.05) is 17.7 Å². The lowest BCUT2D eigenvalue weighted by Gasteiger charge is -2.05. The number of thiazole rings is 1. The number of fused-ring (bicyclic) bond motifs is 1. The first-order chi connectivity index (χ1) is 13.4. The third-order valence-corrected chi connectivity index (χ3v) is 6.76. The summed E-state index contributed by atoms with van der Waals surface area (Å²) in [5, 5.41) is 6.83. The van der Waals surface area contributed by atoms with E-state index >= 15 is 0 Å². The van der Waals surface area contributed by atoms with Crippen molar-refractivity contribution in [1.29, 1.82) is 0 Å². The van der Waals surface area contributed by atoms with Gasteiger partial charge in [-0.05, 0) is 33.3 Å². The maximum Gasteiger partial charge on any atom is 0.311 e. The number of rotatable bonds is 7. The monoisotopic (exact) mass is 436 g/mol. The summed E-state index contributed by atoms with van der Waals surface area (Å²) in [6, 6.07) is 0. The molecule has 10 heteroatoms. The molecule has 1 N–H and O–H groups in total. The number of nitrogens with zero attached hydrogens (tertiary/aromatic N) is 3. The van der Waals surface area contributed by atoms with Crippen LogP contribution in [0, 0.1) is 20.8 Å². The third-order valence-electron chi connectivity index (χ3n) is 3.88. The van der Waals surface area contributed by atoms with Crippen molar-refractivity contribution in [3.63, 3.8) is 0 Å². The molecule has 0 aliphatic carbocycles. The largest absolute Gasteiger partial charge is 0.466 e. The Bertz CT molecular complexity index is 1030. The summed E-state index contributed by atoms with van der Waals surface area (Å²) in [4.78, 5) is 39.3. The number of carbonyl (C=O) groups is 2. The van der Waals surface area contributed by atoms with Gasteiger partial charge < -0.3 is 10.1 Å². The van der Waals surface area contributed by atoms with Crippen molar-refractivity contribution in [2.45, 2.75) is 39.1 Å². The molecule has 3 aromatic heterocycles. The molecular formula is C18H20N4O3S3. The average Bonchev–Trinajstić information content (AvgIpc) is 3.17. The fraction of sp³-hybridized carbons (Fsp3) is 0.389. The molecule has 3 heterocycles.